The molecule has 4 rings (SSSR count). The van der Waals surface area contributed by atoms with Crippen LogP contribution >= 0.6 is 0 Å². The first-order valence-electron chi connectivity index (χ1n) is 10.2. The Hall–Kier alpha value is -2.18. The van der Waals surface area contributed by atoms with Crippen LogP contribution in [-0.2, 0) is 20.8 Å². The topological polar surface area (TPSA) is 71.6 Å². The van der Waals surface area contributed by atoms with Crippen molar-refractivity contribution in [2.24, 2.45) is 0 Å². The van der Waals surface area contributed by atoms with E-state index in [9.17, 15) is 9.59 Å². The average molecular weight is 384 g/mol. The first kappa shape index (κ1) is 19.2. The Morgan fingerprint density at radius 3 is 2.68 bits per heavy atom. The molecular weight excluding hydrogens is 356 g/mol. The van der Waals surface area contributed by atoms with E-state index in [1.54, 1.807) is 4.90 Å². The second-order valence-corrected chi connectivity index (χ2v) is 7.95. The number of aromatic amines is 1. The van der Waals surface area contributed by atoms with Crippen LogP contribution in [0.4, 0.5) is 0 Å². The van der Waals surface area contributed by atoms with E-state index in [2.05, 4.69) is 11.1 Å². The van der Waals surface area contributed by atoms with Gasteiger partial charge in [-0.05, 0) is 62.1 Å². The molecule has 2 aliphatic rings. The molecule has 0 spiro atoms. The highest BCUT2D eigenvalue weighted by Crippen LogP contribution is 2.22. The third kappa shape index (κ3) is 3.84. The van der Waals surface area contributed by atoms with Gasteiger partial charge in [0, 0.05) is 25.3 Å². The van der Waals surface area contributed by atoms with Crippen molar-refractivity contribution in [3.05, 3.63) is 45.2 Å². The number of amides is 1. The van der Waals surface area contributed by atoms with E-state index in [1.165, 1.54) is 0 Å². The maximum Gasteiger partial charge on any atom is 0.253 e. The van der Waals surface area contributed by atoms with E-state index >= 15 is 0 Å². The Labute approximate surface area is 164 Å². The Bertz CT molecular complexity index is 924. The van der Waals surface area contributed by atoms with Gasteiger partial charge in [0.05, 0.1) is 18.2 Å². The minimum atomic E-state index is -0.397. The van der Waals surface area contributed by atoms with Crippen LogP contribution < -0.4 is 5.56 Å². The van der Waals surface area contributed by atoms with Gasteiger partial charge in [-0.2, -0.15) is 0 Å². The molecule has 2 atom stereocenters. The predicted octanol–water partition coefficient (Wildman–Crippen LogP) is 2.83. The molecule has 0 bridgehead atoms. The van der Waals surface area contributed by atoms with Gasteiger partial charge in [-0.15, -0.1) is 0 Å². The lowest BCUT2D eigenvalue weighted by Crippen LogP contribution is -2.43. The molecule has 0 saturated carbocycles. The zero-order valence-corrected chi connectivity index (χ0v) is 16.6. The zero-order valence-electron chi connectivity index (χ0n) is 16.6. The zero-order chi connectivity index (χ0) is 19.7. The van der Waals surface area contributed by atoms with Crippen LogP contribution in [0.15, 0.2) is 23.0 Å². The molecule has 2 aromatic rings. The summed E-state index contributed by atoms with van der Waals surface area (Å²) in [6, 6.07) is 5.98. The smallest absolute Gasteiger partial charge is 0.253 e. The molecule has 6 nitrogen and oxygen atoms in total. The summed E-state index contributed by atoms with van der Waals surface area (Å²) in [5, 5.41) is 0.985. The number of nitrogens with one attached hydrogen (secondary N) is 1. The molecule has 1 aromatic carbocycles. The number of benzene rings is 1. The molecule has 28 heavy (non-hydrogen) atoms. The molecule has 6 heteroatoms. The van der Waals surface area contributed by atoms with Crippen molar-refractivity contribution in [2.75, 3.05) is 19.8 Å². The summed E-state index contributed by atoms with van der Waals surface area (Å²) in [5.74, 6) is -0.0346. The number of carbonyl (C=O) groups excluding carboxylic acids is 1. The summed E-state index contributed by atoms with van der Waals surface area (Å²) in [7, 11) is 0. The van der Waals surface area contributed by atoms with Gasteiger partial charge in [-0.3, -0.25) is 9.59 Å². The van der Waals surface area contributed by atoms with Gasteiger partial charge in [0.25, 0.3) is 11.5 Å². The Balaban J connectivity index is 1.63. The molecule has 0 radical (unpaired) electrons. The van der Waals surface area contributed by atoms with Crippen molar-refractivity contribution >= 4 is 16.8 Å². The predicted molar refractivity (Wildman–Crippen MR) is 107 cm³/mol. The second-order valence-electron chi connectivity index (χ2n) is 7.95. The van der Waals surface area contributed by atoms with Crippen LogP contribution in [0, 0.1) is 13.8 Å². The van der Waals surface area contributed by atoms with Crippen LogP contribution in [-0.4, -0.2) is 47.8 Å². The first-order valence-corrected chi connectivity index (χ1v) is 10.2. The largest absolute Gasteiger partial charge is 0.376 e. The molecule has 2 fully saturated rings. The molecule has 1 aromatic heterocycles. The quantitative estimate of drug-likeness (QED) is 0.860. The molecule has 3 heterocycles. The van der Waals surface area contributed by atoms with Gasteiger partial charge < -0.3 is 19.4 Å². The SMILES string of the molecule is Cc1ccc2cc(CN(C[C@@H]3CCCO3)C(=O)[C@H]3CCCO3)c(=O)[nH]c2c1C. The molecule has 0 aliphatic carbocycles. The number of fused-ring (bicyclic) bond motifs is 1. The average Bonchev–Trinajstić information content (AvgIpc) is 3.39. The summed E-state index contributed by atoms with van der Waals surface area (Å²) in [4.78, 5) is 30.6. The molecule has 1 N–H and O–H groups in total. The van der Waals surface area contributed by atoms with E-state index in [0.717, 1.165) is 54.3 Å². The van der Waals surface area contributed by atoms with Gasteiger partial charge in [0.15, 0.2) is 0 Å². The van der Waals surface area contributed by atoms with E-state index in [4.69, 9.17) is 9.47 Å². The lowest BCUT2D eigenvalue weighted by molar-refractivity contribution is -0.143. The van der Waals surface area contributed by atoms with E-state index in [0.29, 0.717) is 18.7 Å². The third-order valence-corrected chi connectivity index (χ3v) is 5.95. The number of aryl methyl sites for hydroxylation is 2. The normalized spacial score (nSPS) is 22.1. The Morgan fingerprint density at radius 2 is 1.96 bits per heavy atom. The second kappa shape index (κ2) is 8.05. The number of H-pyrrole nitrogens is 1. The third-order valence-electron chi connectivity index (χ3n) is 5.95. The molecular formula is C22H28N2O4. The monoisotopic (exact) mass is 384 g/mol. The van der Waals surface area contributed by atoms with Crippen LogP contribution in [0.2, 0.25) is 0 Å². The Kier molecular flexibility index (Phi) is 5.51. The van der Waals surface area contributed by atoms with Gasteiger partial charge in [0.1, 0.15) is 6.10 Å². The fraction of sp³-hybridized carbons (Fsp3) is 0.545. The minimum absolute atomic E-state index is 0.0346. The molecule has 1 amide bonds. The Morgan fingerprint density at radius 1 is 1.18 bits per heavy atom. The standard InChI is InChI=1S/C22H28N2O4/c1-14-7-8-16-11-17(21(25)23-20(16)15(14)2)12-24(13-18-5-3-9-27-18)22(26)19-6-4-10-28-19/h7-8,11,18-19H,3-6,9-10,12-13H2,1-2H3,(H,23,25)/t18-,19+/m0/s1. The summed E-state index contributed by atoms with van der Waals surface area (Å²) in [6.07, 6.45) is 3.25. The number of ether oxygens (including phenoxy) is 2. The summed E-state index contributed by atoms with van der Waals surface area (Å²) >= 11 is 0. The number of hydrogen-bond donors (Lipinski definition) is 1. The molecule has 0 unspecified atom stereocenters. The highest BCUT2D eigenvalue weighted by atomic mass is 16.5. The van der Waals surface area contributed by atoms with E-state index in [1.807, 2.05) is 26.0 Å². The van der Waals surface area contributed by atoms with Gasteiger partial charge in [0.2, 0.25) is 0 Å². The number of pyridine rings is 1. The number of nitrogens with zero attached hydrogens (tertiary/aromatic N) is 1. The van der Waals surface area contributed by atoms with Gasteiger partial charge in [-0.1, -0.05) is 12.1 Å². The first-order chi connectivity index (χ1) is 13.5. The summed E-state index contributed by atoms with van der Waals surface area (Å²) in [5.41, 5.74) is 3.54. The summed E-state index contributed by atoms with van der Waals surface area (Å²) in [6.45, 7) is 6.18. The van der Waals surface area contributed by atoms with Crippen molar-refractivity contribution in [2.45, 2.75) is 58.3 Å². The van der Waals surface area contributed by atoms with Crippen molar-refractivity contribution in [3.63, 3.8) is 0 Å². The highest BCUT2D eigenvalue weighted by Gasteiger charge is 2.31. The fourth-order valence-corrected chi connectivity index (χ4v) is 4.14. The van der Waals surface area contributed by atoms with Gasteiger partial charge >= 0.3 is 0 Å². The number of hydrogen-bond acceptors (Lipinski definition) is 4. The van der Waals surface area contributed by atoms with Crippen LogP contribution in [0.5, 0.6) is 0 Å². The lowest BCUT2D eigenvalue weighted by Gasteiger charge is -2.27. The maximum atomic E-state index is 13.0. The van der Waals surface area contributed by atoms with Crippen LogP contribution in [0.3, 0.4) is 0 Å². The highest BCUT2D eigenvalue weighted by molar-refractivity contribution is 5.84. The van der Waals surface area contributed by atoms with Crippen molar-refractivity contribution < 1.29 is 14.3 Å². The molecule has 150 valence electrons. The van der Waals surface area contributed by atoms with Crippen molar-refractivity contribution in [1.29, 1.82) is 0 Å². The van der Waals surface area contributed by atoms with E-state index in [-0.39, 0.29) is 24.1 Å². The number of aromatic nitrogens is 1. The molecule has 2 saturated heterocycles. The lowest BCUT2D eigenvalue weighted by atomic mass is 10.0. The van der Waals surface area contributed by atoms with Gasteiger partial charge in [-0.25, -0.2) is 0 Å². The number of carbonyl (C=O) groups is 1. The minimum Gasteiger partial charge on any atom is -0.376 e. The summed E-state index contributed by atoms with van der Waals surface area (Å²) < 4.78 is 11.4. The molecule has 2 aliphatic heterocycles. The van der Waals surface area contributed by atoms with Crippen molar-refractivity contribution in [1.82, 2.24) is 9.88 Å². The fourth-order valence-electron chi connectivity index (χ4n) is 4.14. The number of rotatable bonds is 5. The van der Waals surface area contributed by atoms with Crippen molar-refractivity contribution in [3.8, 4) is 0 Å². The van der Waals surface area contributed by atoms with Crippen LogP contribution in [0.1, 0.15) is 42.4 Å². The maximum absolute atomic E-state index is 13.0. The van der Waals surface area contributed by atoms with Crippen LogP contribution in [0.25, 0.3) is 10.9 Å². The van der Waals surface area contributed by atoms with E-state index < -0.39 is 6.10 Å².